The summed E-state index contributed by atoms with van der Waals surface area (Å²) in [5.74, 6) is 0.809. The molecule has 2 rings (SSSR count). The number of para-hydroxylation sites is 1. The second-order valence-electron chi connectivity index (χ2n) is 4.04. The number of nitriles is 1. The van der Waals surface area contributed by atoms with Crippen LogP contribution in [0, 0.1) is 11.3 Å². The van der Waals surface area contributed by atoms with Crippen LogP contribution in [0.4, 0.5) is 5.82 Å². The Morgan fingerprint density at radius 3 is 3.00 bits per heavy atom. The van der Waals surface area contributed by atoms with Crippen molar-refractivity contribution in [3.63, 3.8) is 0 Å². The predicted molar refractivity (Wildman–Crippen MR) is 72.6 cm³/mol. The van der Waals surface area contributed by atoms with Gasteiger partial charge in [0, 0.05) is 12.1 Å². The number of hydrogen-bond acceptors (Lipinski definition) is 4. The quantitative estimate of drug-likeness (QED) is 0.715. The molecule has 0 fully saturated rings. The van der Waals surface area contributed by atoms with Gasteiger partial charge in [0.2, 0.25) is 0 Å². The monoisotopic (exact) mass is 254 g/mol. The van der Waals surface area contributed by atoms with E-state index in [0.717, 1.165) is 11.1 Å². The average Bonchev–Trinajstić information content (AvgIpc) is 2.87. The van der Waals surface area contributed by atoms with Crippen LogP contribution >= 0.6 is 0 Å². The number of phenols is 1. The molecular formula is C14H14N4O. The van der Waals surface area contributed by atoms with E-state index in [1.54, 1.807) is 6.08 Å². The Hall–Kier alpha value is -2.74. The molecule has 0 saturated carbocycles. The minimum Gasteiger partial charge on any atom is -0.507 e. The highest BCUT2D eigenvalue weighted by molar-refractivity contribution is 5.51. The summed E-state index contributed by atoms with van der Waals surface area (Å²) in [6, 6.07) is 7.60. The van der Waals surface area contributed by atoms with Gasteiger partial charge in [-0.15, -0.1) is 6.58 Å². The summed E-state index contributed by atoms with van der Waals surface area (Å²) in [7, 11) is 0. The van der Waals surface area contributed by atoms with Gasteiger partial charge in [-0.3, -0.25) is 5.10 Å². The molecule has 0 saturated heterocycles. The molecular weight excluding hydrogens is 240 g/mol. The lowest BCUT2D eigenvalue weighted by Gasteiger charge is -2.09. The fraction of sp³-hybridized carbons (Fsp3) is 0.143. The van der Waals surface area contributed by atoms with E-state index in [0.29, 0.717) is 24.3 Å². The van der Waals surface area contributed by atoms with Crippen molar-refractivity contribution >= 4 is 5.82 Å². The fourth-order valence-electron chi connectivity index (χ4n) is 1.80. The van der Waals surface area contributed by atoms with Gasteiger partial charge in [0.05, 0.1) is 6.20 Å². The summed E-state index contributed by atoms with van der Waals surface area (Å²) in [5, 5.41) is 28.5. The van der Waals surface area contributed by atoms with Crippen molar-refractivity contribution in [2.45, 2.75) is 13.0 Å². The zero-order valence-corrected chi connectivity index (χ0v) is 10.3. The van der Waals surface area contributed by atoms with E-state index in [9.17, 15) is 5.11 Å². The van der Waals surface area contributed by atoms with Crippen molar-refractivity contribution in [1.29, 1.82) is 5.26 Å². The number of allylic oxidation sites excluding steroid dienone is 1. The summed E-state index contributed by atoms with van der Waals surface area (Å²) >= 11 is 0. The standard InChI is InChI=1S/C14H14N4O/c1-2-4-10-5-3-6-11(13(10)19)8-16-14-12(7-15)9-17-18-14/h2-3,5-6,9,19H,1,4,8H2,(H2,16,17,18). The van der Waals surface area contributed by atoms with E-state index < -0.39 is 0 Å². The SMILES string of the molecule is C=CCc1cccc(CNc2[nH]ncc2C#N)c1O. The van der Waals surface area contributed by atoms with E-state index in [1.165, 1.54) is 6.20 Å². The third-order valence-electron chi connectivity index (χ3n) is 2.78. The molecule has 0 aliphatic carbocycles. The zero-order chi connectivity index (χ0) is 13.7. The first-order valence-corrected chi connectivity index (χ1v) is 5.84. The normalized spacial score (nSPS) is 9.84. The molecule has 1 aromatic carbocycles. The van der Waals surface area contributed by atoms with Crippen LogP contribution in [-0.2, 0) is 13.0 Å². The maximum absolute atomic E-state index is 10.1. The second-order valence-corrected chi connectivity index (χ2v) is 4.04. The van der Waals surface area contributed by atoms with Crippen molar-refractivity contribution in [1.82, 2.24) is 10.2 Å². The second kappa shape index (κ2) is 5.74. The van der Waals surface area contributed by atoms with E-state index in [1.807, 2.05) is 24.3 Å². The van der Waals surface area contributed by atoms with Crippen LogP contribution in [0.2, 0.25) is 0 Å². The highest BCUT2D eigenvalue weighted by atomic mass is 16.3. The van der Waals surface area contributed by atoms with Crippen LogP contribution in [0.5, 0.6) is 5.75 Å². The number of nitrogens with zero attached hydrogens (tertiary/aromatic N) is 2. The zero-order valence-electron chi connectivity index (χ0n) is 10.3. The molecule has 1 heterocycles. The lowest BCUT2D eigenvalue weighted by atomic mass is 10.1. The third-order valence-corrected chi connectivity index (χ3v) is 2.78. The molecule has 0 unspecified atom stereocenters. The van der Waals surface area contributed by atoms with Gasteiger partial charge in [-0.1, -0.05) is 24.3 Å². The summed E-state index contributed by atoms with van der Waals surface area (Å²) < 4.78 is 0. The van der Waals surface area contributed by atoms with Gasteiger partial charge in [0.15, 0.2) is 0 Å². The topological polar surface area (TPSA) is 84.7 Å². The van der Waals surface area contributed by atoms with Crippen LogP contribution in [0.1, 0.15) is 16.7 Å². The minimum absolute atomic E-state index is 0.257. The van der Waals surface area contributed by atoms with E-state index in [2.05, 4.69) is 22.1 Å². The Balaban J connectivity index is 2.14. The van der Waals surface area contributed by atoms with Gasteiger partial charge in [-0.2, -0.15) is 10.4 Å². The van der Waals surface area contributed by atoms with Crippen LogP contribution in [0.25, 0.3) is 0 Å². The van der Waals surface area contributed by atoms with Gasteiger partial charge in [-0.05, 0) is 12.0 Å². The molecule has 5 heteroatoms. The Morgan fingerprint density at radius 2 is 2.26 bits per heavy atom. The van der Waals surface area contributed by atoms with Gasteiger partial charge in [-0.25, -0.2) is 0 Å². The van der Waals surface area contributed by atoms with Crippen molar-refractivity contribution in [3.05, 3.63) is 53.7 Å². The first-order chi connectivity index (χ1) is 9.26. The molecule has 19 heavy (non-hydrogen) atoms. The van der Waals surface area contributed by atoms with Crippen LogP contribution in [0.3, 0.4) is 0 Å². The van der Waals surface area contributed by atoms with Crippen molar-refractivity contribution in [3.8, 4) is 11.8 Å². The van der Waals surface area contributed by atoms with Crippen LogP contribution < -0.4 is 5.32 Å². The summed E-state index contributed by atoms with van der Waals surface area (Å²) in [6.45, 7) is 4.07. The number of phenolic OH excluding ortho intramolecular Hbond substituents is 1. The number of aromatic amines is 1. The third kappa shape index (κ3) is 2.75. The first-order valence-electron chi connectivity index (χ1n) is 5.84. The average molecular weight is 254 g/mol. The Morgan fingerprint density at radius 1 is 1.47 bits per heavy atom. The van der Waals surface area contributed by atoms with Crippen molar-refractivity contribution in [2.75, 3.05) is 5.32 Å². The number of hydrogen-bond donors (Lipinski definition) is 3. The molecule has 1 aromatic heterocycles. The molecule has 3 N–H and O–H groups in total. The number of aromatic nitrogens is 2. The Labute approximate surface area is 111 Å². The van der Waals surface area contributed by atoms with Crippen LogP contribution in [-0.4, -0.2) is 15.3 Å². The fourth-order valence-corrected chi connectivity index (χ4v) is 1.80. The molecule has 96 valence electrons. The van der Waals surface area contributed by atoms with Crippen molar-refractivity contribution < 1.29 is 5.11 Å². The summed E-state index contributed by atoms with van der Waals surface area (Å²) in [4.78, 5) is 0. The minimum atomic E-state index is 0.257. The lowest BCUT2D eigenvalue weighted by Crippen LogP contribution is -2.02. The Bertz CT molecular complexity index is 625. The number of benzene rings is 1. The number of H-pyrrole nitrogens is 1. The van der Waals surface area contributed by atoms with Gasteiger partial charge in [0.1, 0.15) is 23.2 Å². The molecule has 0 atom stereocenters. The molecule has 0 amide bonds. The molecule has 0 spiro atoms. The molecule has 5 nitrogen and oxygen atoms in total. The number of rotatable bonds is 5. The van der Waals surface area contributed by atoms with E-state index in [-0.39, 0.29) is 5.75 Å². The summed E-state index contributed by atoms with van der Waals surface area (Å²) in [5.41, 5.74) is 2.04. The number of anilines is 1. The summed E-state index contributed by atoms with van der Waals surface area (Å²) in [6.07, 6.45) is 3.82. The molecule has 0 radical (unpaired) electrons. The Kier molecular flexibility index (Phi) is 3.84. The molecule has 0 aliphatic rings. The van der Waals surface area contributed by atoms with Gasteiger partial charge >= 0.3 is 0 Å². The smallest absolute Gasteiger partial charge is 0.139 e. The van der Waals surface area contributed by atoms with Crippen molar-refractivity contribution in [2.24, 2.45) is 0 Å². The first kappa shape index (κ1) is 12.7. The molecule has 0 bridgehead atoms. The largest absolute Gasteiger partial charge is 0.507 e. The number of aromatic hydroxyl groups is 1. The highest BCUT2D eigenvalue weighted by Gasteiger charge is 2.08. The van der Waals surface area contributed by atoms with Gasteiger partial charge in [0.25, 0.3) is 0 Å². The number of nitrogens with one attached hydrogen (secondary N) is 2. The molecule has 2 aromatic rings. The van der Waals surface area contributed by atoms with Crippen LogP contribution in [0.15, 0.2) is 37.1 Å². The van der Waals surface area contributed by atoms with E-state index >= 15 is 0 Å². The van der Waals surface area contributed by atoms with E-state index in [4.69, 9.17) is 5.26 Å². The molecule has 0 aliphatic heterocycles. The highest BCUT2D eigenvalue weighted by Crippen LogP contribution is 2.24. The van der Waals surface area contributed by atoms with Gasteiger partial charge < -0.3 is 10.4 Å². The predicted octanol–water partition coefficient (Wildman–Crippen LogP) is 2.33. The lowest BCUT2D eigenvalue weighted by molar-refractivity contribution is 0.463. The maximum atomic E-state index is 10.1. The maximum Gasteiger partial charge on any atom is 0.139 e.